The van der Waals surface area contributed by atoms with Crippen LogP contribution in [0.4, 0.5) is 0 Å². The number of esters is 1. The van der Waals surface area contributed by atoms with Gasteiger partial charge in [0.15, 0.2) is 0 Å². The number of carbonyl (C=O) groups excluding carboxylic acids is 1. The summed E-state index contributed by atoms with van der Waals surface area (Å²) < 4.78 is 6.14. The Kier molecular flexibility index (Phi) is 7.14. The Morgan fingerprint density at radius 3 is 2.43 bits per heavy atom. The number of carboxylic acid groups (broad SMARTS) is 1. The standard InChI is InChI=1S/C32H48O5/c1-19(10-9-11-20(2)28(35)36)24-18-27(37-21(3)33)32(8)23-12-13-25-29(4,5)26(34)15-16-30(25,6)22(23)14-17-31(24,32)7/h11-12,14,19,24-27,34H,9-10,13,15-18H2,1-8H3,(H,35,36)/b20-11+/t19-,24-,25?,26+,27+,30-,31-,32-/m0/s1. The van der Waals surface area contributed by atoms with Gasteiger partial charge in [-0.3, -0.25) is 4.79 Å². The van der Waals surface area contributed by atoms with Crippen LogP contribution in [0.15, 0.2) is 34.9 Å². The zero-order valence-electron chi connectivity index (χ0n) is 24.2. The van der Waals surface area contributed by atoms with Gasteiger partial charge in [0.2, 0.25) is 0 Å². The highest BCUT2D eigenvalue weighted by molar-refractivity contribution is 5.85. The van der Waals surface area contributed by atoms with Crippen LogP contribution in [0.3, 0.4) is 0 Å². The molecule has 0 heterocycles. The Hall–Kier alpha value is -1.88. The molecule has 0 aromatic carbocycles. The van der Waals surface area contributed by atoms with Gasteiger partial charge in [-0.2, -0.15) is 0 Å². The smallest absolute Gasteiger partial charge is 0.330 e. The third-order valence-corrected chi connectivity index (χ3v) is 11.7. The van der Waals surface area contributed by atoms with E-state index in [4.69, 9.17) is 4.74 Å². The van der Waals surface area contributed by atoms with Crippen LogP contribution in [-0.4, -0.2) is 34.4 Å². The van der Waals surface area contributed by atoms with E-state index in [2.05, 4.69) is 53.7 Å². The van der Waals surface area contributed by atoms with Crippen LogP contribution >= 0.6 is 0 Å². The van der Waals surface area contributed by atoms with Gasteiger partial charge in [-0.1, -0.05) is 59.8 Å². The number of aliphatic carboxylic acids is 1. The van der Waals surface area contributed by atoms with Gasteiger partial charge in [-0.25, -0.2) is 4.79 Å². The van der Waals surface area contributed by atoms with E-state index in [9.17, 15) is 19.8 Å². The average molecular weight is 513 g/mol. The van der Waals surface area contributed by atoms with Crippen LogP contribution in [0.5, 0.6) is 0 Å². The lowest BCUT2D eigenvalue weighted by Crippen LogP contribution is -2.56. The molecule has 0 spiro atoms. The highest BCUT2D eigenvalue weighted by Gasteiger charge is 2.67. The molecule has 0 amide bonds. The summed E-state index contributed by atoms with van der Waals surface area (Å²) in [5, 5.41) is 20.1. The summed E-state index contributed by atoms with van der Waals surface area (Å²) in [7, 11) is 0. The van der Waals surface area contributed by atoms with Crippen LogP contribution in [0.25, 0.3) is 0 Å². The van der Waals surface area contributed by atoms with Crippen molar-refractivity contribution in [3.8, 4) is 0 Å². The maximum Gasteiger partial charge on any atom is 0.330 e. The maximum atomic E-state index is 12.3. The lowest BCUT2D eigenvalue weighted by molar-refractivity contribution is -0.152. The van der Waals surface area contributed by atoms with Crippen molar-refractivity contribution in [2.24, 2.45) is 39.4 Å². The number of aliphatic hydroxyl groups excluding tert-OH is 1. The Labute approximate surface area is 223 Å². The van der Waals surface area contributed by atoms with Crippen LogP contribution < -0.4 is 0 Å². The molecule has 4 aliphatic carbocycles. The Bertz CT molecular complexity index is 1050. The van der Waals surface area contributed by atoms with Crippen LogP contribution in [0, 0.1) is 39.4 Å². The summed E-state index contributed by atoms with van der Waals surface area (Å²) >= 11 is 0. The topological polar surface area (TPSA) is 83.8 Å². The van der Waals surface area contributed by atoms with Crippen molar-refractivity contribution in [1.29, 1.82) is 0 Å². The van der Waals surface area contributed by atoms with Crippen molar-refractivity contribution in [1.82, 2.24) is 0 Å². The van der Waals surface area contributed by atoms with E-state index in [0.29, 0.717) is 23.3 Å². The highest BCUT2D eigenvalue weighted by Crippen LogP contribution is 2.72. The first-order valence-corrected chi connectivity index (χ1v) is 14.3. The monoisotopic (exact) mass is 512 g/mol. The minimum Gasteiger partial charge on any atom is -0.478 e. The fourth-order valence-corrected chi connectivity index (χ4v) is 9.13. The van der Waals surface area contributed by atoms with Crippen molar-refractivity contribution >= 4 is 11.9 Å². The third-order valence-electron chi connectivity index (χ3n) is 11.7. The molecule has 0 aliphatic heterocycles. The fraction of sp³-hybridized carbons (Fsp3) is 0.750. The SMILES string of the molecule is CC(=O)O[C@@H]1C[C@@H]([C@@H](C)CC/C=C(\C)C(=O)O)[C@]2(C)CC=C3C(=CCC4C(C)(C)[C@H](O)CC[C@@]34C)[C@@]12C. The largest absolute Gasteiger partial charge is 0.478 e. The van der Waals surface area contributed by atoms with E-state index in [-0.39, 0.29) is 39.8 Å². The van der Waals surface area contributed by atoms with Crippen molar-refractivity contribution in [2.45, 2.75) is 113 Å². The molecule has 206 valence electrons. The van der Waals surface area contributed by atoms with Crippen LogP contribution in [-0.2, 0) is 14.3 Å². The number of hydrogen-bond acceptors (Lipinski definition) is 4. The Morgan fingerprint density at radius 2 is 1.81 bits per heavy atom. The molecule has 37 heavy (non-hydrogen) atoms. The molecular weight excluding hydrogens is 464 g/mol. The first-order chi connectivity index (χ1) is 17.1. The molecule has 4 rings (SSSR count). The Morgan fingerprint density at radius 1 is 1.14 bits per heavy atom. The molecule has 5 heteroatoms. The number of rotatable bonds is 6. The van der Waals surface area contributed by atoms with Gasteiger partial charge in [-0.15, -0.1) is 0 Å². The van der Waals surface area contributed by atoms with Crippen molar-refractivity contribution in [2.75, 3.05) is 0 Å². The lowest BCUT2D eigenvalue weighted by atomic mass is 9.44. The number of allylic oxidation sites excluding steroid dienone is 4. The lowest BCUT2D eigenvalue weighted by Gasteiger charge is -2.61. The zero-order valence-corrected chi connectivity index (χ0v) is 24.2. The normalized spacial score (nSPS) is 41.5. The van der Waals surface area contributed by atoms with E-state index in [1.54, 1.807) is 6.92 Å². The molecule has 5 nitrogen and oxygen atoms in total. The number of hydrogen-bond donors (Lipinski definition) is 2. The van der Waals surface area contributed by atoms with Gasteiger partial charge < -0.3 is 14.9 Å². The minimum absolute atomic E-state index is 0.000777. The summed E-state index contributed by atoms with van der Waals surface area (Å²) in [6, 6.07) is 0. The second-order valence-corrected chi connectivity index (χ2v) is 13.8. The zero-order chi connectivity index (χ0) is 27.6. The molecule has 8 atom stereocenters. The first-order valence-electron chi connectivity index (χ1n) is 14.3. The predicted molar refractivity (Wildman–Crippen MR) is 146 cm³/mol. The summed E-state index contributed by atoms with van der Waals surface area (Å²) in [6.45, 7) is 17.1. The molecule has 0 aromatic heterocycles. The molecular formula is C32H48O5. The molecule has 2 fully saturated rings. The van der Waals surface area contributed by atoms with Gasteiger partial charge >= 0.3 is 11.9 Å². The number of carbonyl (C=O) groups is 2. The summed E-state index contributed by atoms with van der Waals surface area (Å²) in [5.41, 5.74) is 2.68. The predicted octanol–water partition coefficient (Wildman–Crippen LogP) is 6.86. The van der Waals surface area contributed by atoms with E-state index in [1.165, 1.54) is 18.1 Å². The summed E-state index contributed by atoms with van der Waals surface area (Å²) in [6.07, 6.45) is 12.4. The van der Waals surface area contributed by atoms with E-state index >= 15 is 0 Å². The molecule has 4 aliphatic rings. The fourth-order valence-electron chi connectivity index (χ4n) is 9.13. The van der Waals surface area contributed by atoms with Crippen LogP contribution in [0.2, 0.25) is 0 Å². The third kappa shape index (κ3) is 4.15. The molecule has 2 N–H and O–H groups in total. The quantitative estimate of drug-likeness (QED) is 0.300. The molecule has 0 bridgehead atoms. The maximum absolute atomic E-state index is 12.3. The number of fused-ring (bicyclic) bond motifs is 5. The average Bonchev–Trinajstić information content (AvgIpc) is 3.03. The van der Waals surface area contributed by atoms with Crippen molar-refractivity contribution < 1.29 is 24.5 Å². The van der Waals surface area contributed by atoms with Gasteiger partial charge in [0.05, 0.1) is 6.10 Å². The molecule has 2 saturated carbocycles. The second kappa shape index (κ2) is 9.39. The van der Waals surface area contributed by atoms with Crippen molar-refractivity contribution in [3.63, 3.8) is 0 Å². The number of carboxylic acids is 1. The van der Waals surface area contributed by atoms with Gasteiger partial charge in [0.1, 0.15) is 6.10 Å². The van der Waals surface area contributed by atoms with E-state index in [1.807, 2.05) is 6.08 Å². The number of aliphatic hydroxyl groups is 1. The number of ether oxygens (including phenoxy) is 1. The molecule has 1 unspecified atom stereocenters. The summed E-state index contributed by atoms with van der Waals surface area (Å²) in [4.78, 5) is 23.6. The molecule has 0 radical (unpaired) electrons. The molecule has 0 saturated heterocycles. The van der Waals surface area contributed by atoms with Crippen LogP contribution in [0.1, 0.15) is 100 Å². The highest BCUT2D eigenvalue weighted by atomic mass is 16.5. The first kappa shape index (κ1) is 28.1. The minimum atomic E-state index is -0.859. The van der Waals surface area contributed by atoms with Gasteiger partial charge in [-0.05, 0) is 97.0 Å². The van der Waals surface area contributed by atoms with E-state index < -0.39 is 5.97 Å². The van der Waals surface area contributed by atoms with Crippen molar-refractivity contribution in [3.05, 3.63) is 34.9 Å². The van der Waals surface area contributed by atoms with E-state index in [0.717, 1.165) is 44.9 Å². The van der Waals surface area contributed by atoms with Gasteiger partial charge in [0, 0.05) is 17.9 Å². The second-order valence-electron chi connectivity index (χ2n) is 13.8. The summed E-state index contributed by atoms with van der Waals surface area (Å²) in [5.74, 6) is 0.0188. The Balaban J connectivity index is 1.73. The molecule has 0 aromatic rings. The van der Waals surface area contributed by atoms with Gasteiger partial charge in [0.25, 0.3) is 0 Å².